The molecule has 0 saturated carbocycles. The van der Waals surface area contributed by atoms with E-state index in [9.17, 15) is 4.79 Å². The van der Waals surface area contributed by atoms with E-state index in [0.717, 1.165) is 29.0 Å². The fourth-order valence-electron chi connectivity index (χ4n) is 5.13. The summed E-state index contributed by atoms with van der Waals surface area (Å²) in [5.74, 6) is 2.83. The van der Waals surface area contributed by atoms with Gasteiger partial charge in [-0.1, -0.05) is 55.4 Å². The molecule has 1 aromatic heterocycles. The third-order valence-corrected chi connectivity index (χ3v) is 7.78. The molecular weight excluding hydrogens is 472 g/mol. The number of anilines is 1. The van der Waals surface area contributed by atoms with Crippen LogP contribution in [0, 0.1) is 19.3 Å². The molecule has 1 aliphatic heterocycles. The molecule has 0 unspecified atom stereocenters. The first-order valence-corrected chi connectivity index (χ1v) is 13.1. The van der Waals surface area contributed by atoms with Crippen LogP contribution in [-0.2, 0) is 10.5 Å². The molecule has 0 saturated heterocycles. The van der Waals surface area contributed by atoms with Gasteiger partial charge in [-0.3, -0.25) is 4.79 Å². The molecule has 188 valence electrons. The maximum atomic E-state index is 13.5. The van der Waals surface area contributed by atoms with E-state index in [-0.39, 0.29) is 17.2 Å². The summed E-state index contributed by atoms with van der Waals surface area (Å²) >= 11 is 1.60. The van der Waals surface area contributed by atoms with Crippen LogP contribution in [0.15, 0.2) is 52.8 Å². The second kappa shape index (κ2) is 9.32. The van der Waals surface area contributed by atoms with Crippen LogP contribution >= 0.6 is 11.8 Å². The van der Waals surface area contributed by atoms with Gasteiger partial charge in [-0.05, 0) is 54.5 Å². The smallest absolute Gasteiger partial charge is 0.227 e. The number of aryl methyl sites for hydroxylation is 2. The molecule has 1 atom stereocenters. The maximum absolute atomic E-state index is 13.5. The minimum Gasteiger partial charge on any atom is -0.493 e. The Morgan fingerprint density at radius 1 is 1.08 bits per heavy atom. The van der Waals surface area contributed by atoms with E-state index in [1.54, 1.807) is 26.0 Å². The highest BCUT2D eigenvalue weighted by molar-refractivity contribution is 7.98. The monoisotopic (exact) mass is 504 g/mol. The third kappa shape index (κ3) is 4.50. The van der Waals surface area contributed by atoms with Crippen molar-refractivity contribution in [1.29, 1.82) is 0 Å². The van der Waals surface area contributed by atoms with Gasteiger partial charge in [-0.25, -0.2) is 4.68 Å². The highest BCUT2D eigenvalue weighted by Crippen LogP contribution is 2.46. The molecule has 1 aliphatic carbocycles. The number of fused-ring (bicyclic) bond motifs is 1. The molecule has 8 heteroatoms. The van der Waals surface area contributed by atoms with Crippen LogP contribution in [-0.4, -0.2) is 34.8 Å². The number of aromatic nitrogens is 3. The first kappa shape index (κ1) is 24.4. The van der Waals surface area contributed by atoms with Crippen LogP contribution < -0.4 is 14.8 Å². The number of nitrogens with zero attached hydrogens (tertiary/aromatic N) is 3. The van der Waals surface area contributed by atoms with Crippen molar-refractivity contribution in [3.05, 3.63) is 69.9 Å². The minimum atomic E-state index is -0.386. The summed E-state index contributed by atoms with van der Waals surface area (Å²) in [7, 11) is 3.23. The Bertz CT molecular complexity index is 1380. The van der Waals surface area contributed by atoms with Gasteiger partial charge in [0.15, 0.2) is 17.3 Å². The summed E-state index contributed by atoms with van der Waals surface area (Å²) in [6.45, 7) is 8.50. The second-order valence-corrected chi connectivity index (χ2v) is 11.3. The van der Waals surface area contributed by atoms with Gasteiger partial charge in [-0.15, -0.1) is 5.10 Å². The molecule has 2 heterocycles. The third-order valence-electron chi connectivity index (χ3n) is 6.89. The van der Waals surface area contributed by atoms with Crippen molar-refractivity contribution in [2.24, 2.45) is 5.41 Å². The van der Waals surface area contributed by atoms with Gasteiger partial charge in [0.2, 0.25) is 11.1 Å². The number of hydrogen-bond acceptors (Lipinski definition) is 7. The largest absolute Gasteiger partial charge is 0.493 e. The van der Waals surface area contributed by atoms with Crippen LogP contribution in [0.1, 0.15) is 55.0 Å². The second-order valence-electron chi connectivity index (χ2n) is 10.4. The van der Waals surface area contributed by atoms with E-state index in [1.165, 1.54) is 16.7 Å². The molecule has 5 rings (SSSR count). The number of nitrogens with one attached hydrogen (secondary N) is 1. The Morgan fingerprint density at radius 2 is 1.86 bits per heavy atom. The van der Waals surface area contributed by atoms with Crippen LogP contribution in [0.3, 0.4) is 0 Å². The summed E-state index contributed by atoms with van der Waals surface area (Å²) in [6, 6.07) is 11.9. The Morgan fingerprint density at radius 3 is 2.58 bits per heavy atom. The van der Waals surface area contributed by atoms with E-state index in [2.05, 4.69) is 51.2 Å². The molecule has 36 heavy (non-hydrogen) atoms. The van der Waals surface area contributed by atoms with Crippen molar-refractivity contribution in [3.63, 3.8) is 0 Å². The standard InChI is InChI=1S/C28H32N4O3S/c1-16-7-8-19(17(2)11-16)15-36-27-30-26-29-20-13-28(3,4)14-21(33)24(20)25(32(26)31-27)18-9-10-22(34-5)23(12-18)35-6/h7-12,25H,13-15H2,1-6H3,(H,29,30,31)/t25-/m1/s1. The molecule has 0 spiro atoms. The van der Waals surface area contributed by atoms with E-state index >= 15 is 0 Å². The highest BCUT2D eigenvalue weighted by atomic mass is 32.2. The van der Waals surface area contributed by atoms with Crippen LogP contribution in [0.4, 0.5) is 5.95 Å². The molecule has 0 fully saturated rings. The molecule has 2 aromatic carbocycles. The molecule has 0 bridgehead atoms. The van der Waals surface area contributed by atoms with Crippen molar-refractivity contribution in [1.82, 2.24) is 14.8 Å². The van der Waals surface area contributed by atoms with Gasteiger partial charge >= 0.3 is 0 Å². The molecule has 2 aliphatic rings. The van der Waals surface area contributed by atoms with Gasteiger partial charge < -0.3 is 14.8 Å². The quantitative estimate of drug-likeness (QED) is 0.421. The van der Waals surface area contributed by atoms with Crippen LogP contribution in [0.2, 0.25) is 0 Å². The number of allylic oxidation sites excluding steroid dienone is 2. The predicted molar refractivity (Wildman–Crippen MR) is 142 cm³/mol. The first-order chi connectivity index (χ1) is 17.2. The minimum absolute atomic E-state index is 0.117. The number of rotatable bonds is 6. The zero-order chi connectivity index (χ0) is 25.6. The Hall–Kier alpha value is -3.26. The fraction of sp³-hybridized carbons (Fsp3) is 0.393. The van der Waals surface area contributed by atoms with Gasteiger partial charge in [0, 0.05) is 23.4 Å². The van der Waals surface area contributed by atoms with Gasteiger partial charge in [0.25, 0.3) is 0 Å². The normalized spacial score (nSPS) is 18.4. The lowest BCUT2D eigenvalue weighted by Gasteiger charge is -2.38. The summed E-state index contributed by atoms with van der Waals surface area (Å²) in [5, 5.41) is 9.01. The number of Topliss-reactive ketones (excluding diaryl/α,β-unsaturated/α-hetero) is 1. The van der Waals surface area contributed by atoms with E-state index < -0.39 is 0 Å². The van der Waals surface area contributed by atoms with Gasteiger partial charge in [0.05, 0.1) is 14.2 Å². The van der Waals surface area contributed by atoms with Crippen molar-refractivity contribution in [2.45, 2.75) is 57.5 Å². The lowest BCUT2D eigenvalue weighted by molar-refractivity contribution is -0.118. The van der Waals surface area contributed by atoms with Crippen molar-refractivity contribution < 1.29 is 14.3 Å². The summed E-state index contributed by atoms with van der Waals surface area (Å²) in [6.07, 6.45) is 1.27. The predicted octanol–water partition coefficient (Wildman–Crippen LogP) is 5.86. The zero-order valence-electron chi connectivity index (χ0n) is 21.6. The topological polar surface area (TPSA) is 78.3 Å². The van der Waals surface area contributed by atoms with E-state index in [1.807, 2.05) is 22.9 Å². The van der Waals surface area contributed by atoms with Crippen molar-refractivity contribution in [3.8, 4) is 11.5 Å². The molecule has 0 amide bonds. The number of thioether (sulfide) groups is 1. The van der Waals surface area contributed by atoms with Crippen molar-refractivity contribution >= 4 is 23.5 Å². The van der Waals surface area contributed by atoms with Crippen molar-refractivity contribution in [2.75, 3.05) is 19.5 Å². The summed E-state index contributed by atoms with van der Waals surface area (Å²) in [5.41, 5.74) is 6.25. The number of hydrogen-bond donors (Lipinski definition) is 1. The zero-order valence-corrected chi connectivity index (χ0v) is 22.5. The first-order valence-electron chi connectivity index (χ1n) is 12.1. The number of methoxy groups -OCH3 is 2. The summed E-state index contributed by atoms with van der Waals surface area (Å²) < 4.78 is 12.9. The van der Waals surface area contributed by atoms with Gasteiger partial charge in [0.1, 0.15) is 6.04 Å². The SMILES string of the molecule is COc1ccc([C@@H]2C3=C(CC(C)(C)CC3=O)Nc3nc(SCc4ccc(C)cc4C)nn32)cc1OC. The number of carbonyl (C=O) groups excluding carboxylic acids is 1. The summed E-state index contributed by atoms with van der Waals surface area (Å²) in [4.78, 5) is 18.3. The van der Waals surface area contributed by atoms with Crippen LogP contribution in [0.25, 0.3) is 0 Å². The Kier molecular flexibility index (Phi) is 6.32. The van der Waals surface area contributed by atoms with Gasteiger partial charge in [-0.2, -0.15) is 4.98 Å². The molecule has 0 radical (unpaired) electrons. The highest BCUT2D eigenvalue weighted by Gasteiger charge is 2.42. The fourth-order valence-corrected chi connectivity index (χ4v) is 6.04. The number of ether oxygens (including phenoxy) is 2. The maximum Gasteiger partial charge on any atom is 0.227 e. The molecular formula is C28H32N4O3S. The number of ketones is 1. The number of benzene rings is 2. The molecule has 3 aromatic rings. The Labute approximate surface area is 216 Å². The molecule has 7 nitrogen and oxygen atoms in total. The number of carbonyl (C=O) groups is 1. The average molecular weight is 505 g/mol. The Balaban J connectivity index is 1.55. The average Bonchev–Trinajstić information content (AvgIpc) is 3.23. The van der Waals surface area contributed by atoms with Crippen LogP contribution in [0.5, 0.6) is 11.5 Å². The van der Waals surface area contributed by atoms with E-state index in [4.69, 9.17) is 19.6 Å². The molecule has 1 N–H and O–H groups in total. The lowest BCUT2D eigenvalue weighted by atomic mass is 9.73. The lowest BCUT2D eigenvalue weighted by Crippen LogP contribution is -2.36. The van der Waals surface area contributed by atoms with E-state index in [0.29, 0.717) is 29.0 Å².